The first-order valence-electron chi connectivity index (χ1n) is 5.85. The van der Waals surface area contributed by atoms with Crippen molar-refractivity contribution in [2.75, 3.05) is 18.5 Å². The van der Waals surface area contributed by atoms with Crippen molar-refractivity contribution in [2.24, 2.45) is 5.41 Å². The molecule has 0 saturated heterocycles. The van der Waals surface area contributed by atoms with Crippen LogP contribution in [-0.2, 0) is 0 Å². The Hall–Kier alpha value is -1.02. The van der Waals surface area contributed by atoms with Gasteiger partial charge in [-0.3, -0.25) is 0 Å². The van der Waals surface area contributed by atoms with Crippen LogP contribution in [0.4, 0.5) is 5.69 Å². The molecular weight excluding hydrogens is 198 g/mol. The van der Waals surface area contributed by atoms with Gasteiger partial charge in [0, 0.05) is 19.3 Å². The van der Waals surface area contributed by atoms with Crippen LogP contribution in [0.15, 0.2) is 30.3 Å². The van der Waals surface area contributed by atoms with Gasteiger partial charge in [0.05, 0.1) is 6.10 Å². The van der Waals surface area contributed by atoms with Crippen molar-refractivity contribution in [1.29, 1.82) is 0 Å². The first-order valence-corrected chi connectivity index (χ1v) is 5.85. The second-order valence-corrected chi connectivity index (χ2v) is 5.43. The molecule has 0 fully saturated rings. The van der Waals surface area contributed by atoms with Gasteiger partial charge in [-0.15, -0.1) is 0 Å². The van der Waals surface area contributed by atoms with Crippen molar-refractivity contribution >= 4 is 5.69 Å². The second kappa shape index (κ2) is 5.35. The van der Waals surface area contributed by atoms with Gasteiger partial charge in [0.15, 0.2) is 0 Å². The zero-order valence-corrected chi connectivity index (χ0v) is 10.8. The highest BCUT2D eigenvalue weighted by molar-refractivity contribution is 5.44. The van der Waals surface area contributed by atoms with Crippen LogP contribution >= 0.6 is 0 Å². The van der Waals surface area contributed by atoms with E-state index >= 15 is 0 Å². The molecule has 16 heavy (non-hydrogen) atoms. The first-order chi connectivity index (χ1) is 7.41. The quantitative estimate of drug-likeness (QED) is 0.845. The van der Waals surface area contributed by atoms with Gasteiger partial charge in [-0.1, -0.05) is 39.0 Å². The number of anilines is 1. The lowest BCUT2D eigenvalue weighted by atomic mass is 9.87. The third kappa shape index (κ3) is 3.86. The van der Waals surface area contributed by atoms with Crippen molar-refractivity contribution in [3.8, 4) is 0 Å². The fraction of sp³-hybridized carbons (Fsp3) is 0.571. The maximum Gasteiger partial charge on any atom is 0.0605 e. The van der Waals surface area contributed by atoms with E-state index in [1.54, 1.807) is 0 Å². The van der Waals surface area contributed by atoms with E-state index in [-0.39, 0.29) is 11.5 Å². The SMILES string of the molecule is CN(CCC(O)C(C)(C)C)c1ccccc1. The summed E-state index contributed by atoms with van der Waals surface area (Å²) in [5.41, 5.74) is 1.17. The van der Waals surface area contributed by atoms with E-state index in [1.807, 2.05) is 18.2 Å². The Morgan fingerprint density at radius 2 is 1.75 bits per heavy atom. The van der Waals surface area contributed by atoms with Crippen molar-refractivity contribution in [1.82, 2.24) is 0 Å². The summed E-state index contributed by atoms with van der Waals surface area (Å²) in [5, 5.41) is 9.95. The molecule has 0 aliphatic carbocycles. The molecule has 1 aromatic rings. The van der Waals surface area contributed by atoms with E-state index in [2.05, 4.69) is 44.9 Å². The summed E-state index contributed by atoms with van der Waals surface area (Å²) in [7, 11) is 2.06. The number of aliphatic hydroxyl groups is 1. The first kappa shape index (κ1) is 13.0. The molecule has 1 rings (SSSR count). The number of rotatable bonds is 4. The Bertz CT molecular complexity index is 302. The van der Waals surface area contributed by atoms with Crippen molar-refractivity contribution in [3.63, 3.8) is 0 Å². The van der Waals surface area contributed by atoms with E-state index < -0.39 is 0 Å². The fourth-order valence-corrected chi connectivity index (χ4v) is 1.56. The van der Waals surface area contributed by atoms with Gasteiger partial charge in [-0.2, -0.15) is 0 Å². The fourth-order valence-electron chi connectivity index (χ4n) is 1.56. The Kier molecular flexibility index (Phi) is 4.36. The Morgan fingerprint density at radius 3 is 2.25 bits per heavy atom. The molecule has 0 radical (unpaired) electrons. The molecule has 0 aliphatic heterocycles. The lowest BCUT2D eigenvalue weighted by Crippen LogP contribution is -2.31. The average Bonchev–Trinajstić information content (AvgIpc) is 2.25. The van der Waals surface area contributed by atoms with Crippen molar-refractivity contribution < 1.29 is 5.11 Å². The summed E-state index contributed by atoms with van der Waals surface area (Å²) in [5.74, 6) is 0. The highest BCUT2D eigenvalue weighted by Gasteiger charge is 2.21. The lowest BCUT2D eigenvalue weighted by Gasteiger charge is -2.28. The summed E-state index contributed by atoms with van der Waals surface area (Å²) >= 11 is 0. The molecule has 0 aliphatic rings. The van der Waals surface area contributed by atoms with Crippen LogP contribution in [0.2, 0.25) is 0 Å². The average molecular weight is 221 g/mol. The monoisotopic (exact) mass is 221 g/mol. The normalized spacial score (nSPS) is 13.6. The molecule has 1 atom stereocenters. The highest BCUT2D eigenvalue weighted by atomic mass is 16.3. The van der Waals surface area contributed by atoms with E-state index in [4.69, 9.17) is 0 Å². The molecule has 1 N–H and O–H groups in total. The second-order valence-electron chi connectivity index (χ2n) is 5.43. The third-order valence-corrected chi connectivity index (χ3v) is 2.93. The van der Waals surface area contributed by atoms with Gasteiger partial charge in [0.25, 0.3) is 0 Å². The molecule has 0 spiro atoms. The summed E-state index contributed by atoms with van der Waals surface area (Å²) in [4.78, 5) is 2.18. The maximum atomic E-state index is 9.95. The van der Waals surface area contributed by atoms with Crippen LogP contribution in [0.25, 0.3) is 0 Å². The predicted molar refractivity (Wildman–Crippen MR) is 69.8 cm³/mol. The Morgan fingerprint density at radius 1 is 1.19 bits per heavy atom. The minimum Gasteiger partial charge on any atom is -0.393 e. The Labute approximate surface area is 98.9 Å². The van der Waals surface area contributed by atoms with E-state index in [1.165, 1.54) is 5.69 Å². The third-order valence-electron chi connectivity index (χ3n) is 2.93. The molecule has 0 saturated carbocycles. The van der Waals surface area contributed by atoms with Gasteiger partial charge in [0.1, 0.15) is 0 Å². The van der Waals surface area contributed by atoms with Crippen LogP contribution < -0.4 is 4.90 Å². The van der Waals surface area contributed by atoms with Gasteiger partial charge < -0.3 is 10.0 Å². The van der Waals surface area contributed by atoms with E-state index in [0.29, 0.717) is 0 Å². The topological polar surface area (TPSA) is 23.5 Å². The molecule has 1 unspecified atom stereocenters. The minimum absolute atomic E-state index is 0.0302. The summed E-state index contributed by atoms with van der Waals surface area (Å²) in [6.07, 6.45) is 0.549. The number of benzene rings is 1. The zero-order chi connectivity index (χ0) is 12.2. The molecule has 2 heteroatoms. The number of para-hydroxylation sites is 1. The van der Waals surface area contributed by atoms with Gasteiger partial charge in [-0.05, 0) is 24.0 Å². The number of nitrogens with zero attached hydrogens (tertiary/aromatic N) is 1. The number of aliphatic hydroxyl groups excluding tert-OH is 1. The van der Waals surface area contributed by atoms with Crippen molar-refractivity contribution in [2.45, 2.75) is 33.3 Å². The van der Waals surface area contributed by atoms with Crippen LogP contribution in [-0.4, -0.2) is 24.8 Å². The van der Waals surface area contributed by atoms with E-state index in [9.17, 15) is 5.11 Å². The van der Waals surface area contributed by atoms with Gasteiger partial charge in [0.2, 0.25) is 0 Å². The maximum absolute atomic E-state index is 9.95. The largest absolute Gasteiger partial charge is 0.393 e. The molecule has 2 nitrogen and oxygen atoms in total. The van der Waals surface area contributed by atoms with Crippen molar-refractivity contribution in [3.05, 3.63) is 30.3 Å². The standard InChI is InChI=1S/C14H23NO/c1-14(2,3)13(16)10-11-15(4)12-8-6-5-7-9-12/h5-9,13,16H,10-11H2,1-4H3. The summed E-state index contributed by atoms with van der Waals surface area (Å²) in [6, 6.07) is 10.3. The molecular formula is C14H23NO. The van der Waals surface area contributed by atoms with Crippen LogP contribution in [0.3, 0.4) is 0 Å². The molecule has 0 aromatic heterocycles. The van der Waals surface area contributed by atoms with Crippen LogP contribution in [0.5, 0.6) is 0 Å². The summed E-state index contributed by atoms with van der Waals surface area (Å²) < 4.78 is 0. The zero-order valence-electron chi connectivity index (χ0n) is 10.8. The lowest BCUT2D eigenvalue weighted by molar-refractivity contribution is 0.0576. The minimum atomic E-state index is -0.251. The smallest absolute Gasteiger partial charge is 0.0605 e. The van der Waals surface area contributed by atoms with Crippen LogP contribution in [0, 0.1) is 5.41 Å². The van der Waals surface area contributed by atoms with Gasteiger partial charge >= 0.3 is 0 Å². The molecule has 1 aromatic carbocycles. The summed E-state index contributed by atoms with van der Waals surface area (Å²) in [6.45, 7) is 7.09. The number of hydrogen-bond donors (Lipinski definition) is 1. The van der Waals surface area contributed by atoms with E-state index in [0.717, 1.165) is 13.0 Å². The van der Waals surface area contributed by atoms with Gasteiger partial charge in [-0.25, -0.2) is 0 Å². The Balaban J connectivity index is 2.45. The molecule has 0 amide bonds. The molecule has 90 valence electrons. The number of hydrogen-bond acceptors (Lipinski definition) is 2. The highest BCUT2D eigenvalue weighted by Crippen LogP contribution is 2.22. The predicted octanol–water partition coefficient (Wildman–Crippen LogP) is 2.92. The molecule has 0 heterocycles. The molecule has 0 bridgehead atoms. The van der Waals surface area contributed by atoms with Crippen LogP contribution in [0.1, 0.15) is 27.2 Å².